The number of aliphatic hydroxyl groups excluding tert-OH is 1. The van der Waals surface area contributed by atoms with Crippen LogP contribution in [-0.4, -0.2) is 33.0 Å². The van der Waals surface area contributed by atoms with Crippen molar-refractivity contribution in [3.8, 4) is 0 Å². The van der Waals surface area contributed by atoms with Gasteiger partial charge in [0.1, 0.15) is 5.72 Å². The fraction of sp³-hybridized carbons (Fsp3) is 0.364. The highest BCUT2D eigenvalue weighted by Gasteiger charge is 2.22. The molecule has 2 aromatic heterocycles. The van der Waals surface area contributed by atoms with E-state index in [4.69, 9.17) is 10.8 Å². The highest BCUT2D eigenvalue weighted by molar-refractivity contribution is 5.69. The van der Waals surface area contributed by atoms with Gasteiger partial charge in [-0.25, -0.2) is 4.52 Å². The Morgan fingerprint density at radius 2 is 2.35 bits per heavy atom. The smallest absolute Gasteiger partial charge is 0.139 e. The summed E-state index contributed by atoms with van der Waals surface area (Å²) < 4.78 is 1.64. The Balaban J connectivity index is 2.37. The normalized spacial score (nSPS) is 15.0. The van der Waals surface area contributed by atoms with Crippen molar-refractivity contribution in [2.45, 2.75) is 12.6 Å². The molecule has 0 bridgehead atoms. The van der Waals surface area contributed by atoms with E-state index in [9.17, 15) is 5.11 Å². The number of fused-ring (bicyclic) bond motifs is 1. The molecular formula is C11H16N4O2. The van der Waals surface area contributed by atoms with Crippen molar-refractivity contribution in [2.75, 3.05) is 18.9 Å². The SMILES string of the molecule is CC(O)(NCCO)c1ccn2ncc(N)c2c1. The van der Waals surface area contributed by atoms with Crippen LogP contribution in [0.25, 0.3) is 5.52 Å². The van der Waals surface area contributed by atoms with Crippen molar-refractivity contribution in [1.82, 2.24) is 14.9 Å². The molecule has 0 spiro atoms. The van der Waals surface area contributed by atoms with E-state index in [1.54, 1.807) is 36.0 Å². The maximum absolute atomic E-state index is 10.2. The van der Waals surface area contributed by atoms with E-state index in [0.717, 1.165) is 5.52 Å². The average Bonchev–Trinajstić information content (AvgIpc) is 2.68. The van der Waals surface area contributed by atoms with Crippen molar-refractivity contribution < 1.29 is 10.2 Å². The number of aromatic nitrogens is 2. The van der Waals surface area contributed by atoms with E-state index in [1.165, 1.54) is 0 Å². The topological polar surface area (TPSA) is 95.8 Å². The van der Waals surface area contributed by atoms with Crippen molar-refractivity contribution in [3.05, 3.63) is 30.1 Å². The first kappa shape index (κ1) is 11.8. The molecule has 0 amide bonds. The fourth-order valence-corrected chi connectivity index (χ4v) is 1.70. The quantitative estimate of drug-likeness (QED) is 0.545. The monoisotopic (exact) mass is 236 g/mol. The third kappa shape index (κ3) is 2.23. The molecule has 0 saturated carbocycles. The molecule has 2 aromatic rings. The summed E-state index contributed by atoms with van der Waals surface area (Å²) in [5.74, 6) is 0. The summed E-state index contributed by atoms with van der Waals surface area (Å²) in [6, 6.07) is 3.52. The molecule has 92 valence electrons. The summed E-state index contributed by atoms with van der Waals surface area (Å²) in [5.41, 5.74) is 6.53. The molecule has 0 saturated heterocycles. The van der Waals surface area contributed by atoms with Crippen LogP contribution in [-0.2, 0) is 5.72 Å². The number of nitrogens with one attached hydrogen (secondary N) is 1. The number of nitrogens with two attached hydrogens (primary N) is 1. The highest BCUT2D eigenvalue weighted by atomic mass is 16.3. The van der Waals surface area contributed by atoms with Crippen LogP contribution in [0.15, 0.2) is 24.5 Å². The zero-order chi connectivity index (χ0) is 12.5. The molecule has 5 N–H and O–H groups in total. The van der Waals surface area contributed by atoms with Crippen LogP contribution < -0.4 is 11.1 Å². The number of aliphatic hydroxyl groups is 2. The lowest BCUT2D eigenvalue weighted by Crippen LogP contribution is -2.40. The van der Waals surface area contributed by atoms with Crippen molar-refractivity contribution in [2.24, 2.45) is 0 Å². The molecule has 6 nitrogen and oxygen atoms in total. The van der Waals surface area contributed by atoms with Gasteiger partial charge in [0.05, 0.1) is 24.0 Å². The van der Waals surface area contributed by atoms with Gasteiger partial charge in [0.2, 0.25) is 0 Å². The number of nitrogens with zero attached hydrogens (tertiary/aromatic N) is 2. The zero-order valence-electron chi connectivity index (χ0n) is 9.59. The highest BCUT2D eigenvalue weighted by Crippen LogP contribution is 2.21. The van der Waals surface area contributed by atoms with Crippen LogP contribution in [0.2, 0.25) is 0 Å². The van der Waals surface area contributed by atoms with Crippen molar-refractivity contribution >= 4 is 11.2 Å². The van der Waals surface area contributed by atoms with Gasteiger partial charge in [-0.15, -0.1) is 0 Å². The minimum atomic E-state index is -1.21. The van der Waals surface area contributed by atoms with Crippen LogP contribution in [0.5, 0.6) is 0 Å². The first-order valence-electron chi connectivity index (χ1n) is 5.36. The zero-order valence-corrected chi connectivity index (χ0v) is 9.59. The second-order valence-corrected chi connectivity index (χ2v) is 4.07. The van der Waals surface area contributed by atoms with Crippen molar-refractivity contribution in [3.63, 3.8) is 0 Å². The van der Waals surface area contributed by atoms with Crippen LogP contribution in [0.4, 0.5) is 5.69 Å². The molecule has 2 rings (SSSR count). The van der Waals surface area contributed by atoms with Crippen LogP contribution in [0.3, 0.4) is 0 Å². The molecule has 2 heterocycles. The van der Waals surface area contributed by atoms with Gasteiger partial charge in [-0.2, -0.15) is 5.10 Å². The maximum atomic E-state index is 10.2. The first-order valence-corrected chi connectivity index (χ1v) is 5.36. The van der Waals surface area contributed by atoms with Gasteiger partial charge < -0.3 is 15.9 Å². The third-order valence-electron chi connectivity index (χ3n) is 2.69. The number of hydrogen-bond donors (Lipinski definition) is 4. The predicted octanol–water partition coefficient (Wildman–Crippen LogP) is -0.337. The Hall–Kier alpha value is -1.63. The Bertz CT molecular complexity index is 521. The summed E-state index contributed by atoms with van der Waals surface area (Å²) in [4.78, 5) is 0. The summed E-state index contributed by atoms with van der Waals surface area (Å²) in [5, 5.41) is 25.9. The molecule has 1 atom stereocenters. The van der Waals surface area contributed by atoms with Crippen LogP contribution in [0, 0.1) is 0 Å². The van der Waals surface area contributed by atoms with E-state index >= 15 is 0 Å². The average molecular weight is 236 g/mol. The number of nitrogen functional groups attached to an aromatic ring is 1. The summed E-state index contributed by atoms with van der Waals surface area (Å²) in [6.07, 6.45) is 3.30. The van der Waals surface area contributed by atoms with Gasteiger partial charge >= 0.3 is 0 Å². The molecule has 0 aliphatic heterocycles. The molecule has 0 aromatic carbocycles. The standard InChI is InChI=1S/C11H16N4O2/c1-11(17,13-3-5-16)8-2-4-15-10(6-8)9(12)7-14-15/h2,4,6-7,13,16-17H,3,5,12H2,1H3. The Morgan fingerprint density at radius 3 is 3.06 bits per heavy atom. The molecule has 0 aliphatic rings. The van der Waals surface area contributed by atoms with Gasteiger partial charge in [0.15, 0.2) is 0 Å². The molecule has 0 radical (unpaired) electrons. The van der Waals surface area contributed by atoms with E-state index in [-0.39, 0.29) is 6.61 Å². The minimum absolute atomic E-state index is 0.0345. The van der Waals surface area contributed by atoms with E-state index in [2.05, 4.69) is 10.4 Å². The third-order valence-corrected chi connectivity index (χ3v) is 2.69. The lowest BCUT2D eigenvalue weighted by atomic mass is 10.1. The Kier molecular flexibility index (Phi) is 3.01. The van der Waals surface area contributed by atoms with Crippen LogP contribution in [0.1, 0.15) is 12.5 Å². The van der Waals surface area contributed by atoms with Gasteiger partial charge in [0, 0.05) is 18.3 Å². The van der Waals surface area contributed by atoms with Crippen molar-refractivity contribution in [1.29, 1.82) is 0 Å². The summed E-state index contributed by atoms with van der Waals surface area (Å²) in [6.45, 7) is 1.90. The number of rotatable bonds is 4. The van der Waals surface area contributed by atoms with Gasteiger partial charge in [0.25, 0.3) is 0 Å². The molecule has 0 fully saturated rings. The van der Waals surface area contributed by atoms with E-state index in [0.29, 0.717) is 17.8 Å². The maximum Gasteiger partial charge on any atom is 0.139 e. The second-order valence-electron chi connectivity index (χ2n) is 4.07. The first-order chi connectivity index (χ1) is 8.04. The number of anilines is 1. The molecule has 1 unspecified atom stereocenters. The number of hydrogen-bond acceptors (Lipinski definition) is 5. The minimum Gasteiger partial charge on any atom is -0.396 e. The lowest BCUT2D eigenvalue weighted by molar-refractivity contribution is 0.0160. The largest absolute Gasteiger partial charge is 0.396 e. The lowest BCUT2D eigenvalue weighted by Gasteiger charge is -2.25. The summed E-state index contributed by atoms with van der Waals surface area (Å²) >= 11 is 0. The van der Waals surface area contributed by atoms with E-state index in [1.807, 2.05) is 0 Å². The molecule has 17 heavy (non-hydrogen) atoms. The van der Waals surface area contributed by atoms with Crippen LogP contribution >= 0.6 is 0 Å². The van der Waals surface area contributed by atoms with Gasteiger partial charge in [-0.1, -0.05) is 0 Å². The molecule has 0 aliphatic carbocycles. The molecule has 6 heteroatoms. The Morgan fingerprint density at radius 1 is 1.59 bits per heavy atom. The second kappa shape index (κ2) is 4.33. The summed E-state index contributed by atoms with van der Waals surface area (Å²) in [7, 11) is 0. The Labute approximate surface area is 98.7 Å². The number of pyridine rings is 1. The van der Waals surface area contributed by atoms with Gasteiger partial charge in [-0.05, 0) is 19.1 Å². The molecular weight excluding hydrogens is 220 g/mol. The van der Waals surface area contributed by atoms with E-state index < -0.39 is 5.72 Å². The van der Waals surface area contributed by atoms with Gasteiger partial charge in [-0.3, -0.25) is 5.32 Å². The fourth-order valence-electron chi connectivity index (χ4n) is 1.70. The predicted molar refractivity (Wildman–Crippen MR) is 64.3 cm³/mol.